The van der Waals surface area contributed by atoms with Crippen LogP contribution in [0.5, 0.6) is 0 Å². The second kappa shape index (κ2) is 12.4. The molecule has 0 aliphatic rings. The summed E-state index contributed by atoms with van der Waals surface area (Å²) in [5, 5.41) is 0.293. The van der Waals surface area contributed by atoms with Gasteiger partial charge >= 0.3 is 0 Å². The highest BCUT2D eigenvalue weighted by atomic mass is 32.2. The first kappa shape index (κ1) is 17.0. The number of carbonyl (C=O) groups excluding carboxylic acids is 1. The van der Waals surface area contributed by atoms with Crippen molar-refractivity contribution in [3.63, 3.8) is 0 Å². The summed E-state index contributed by atoms with van der Waals surface area (Å²) in [7, 11) is 0. The predicted octanol–water partition coefficient (Wildman–Crippen LogP) is 3.80. The molecule has 1 aromatic rings. The Kier molecular flexibility index (Phi) is 11.7. The molecular formula is C14H25N2OS. The molecule has 0 saturated carbocycles. The largest absolute Gasteiger partial charge is 0.334 e. The van der Waals surface area contributed by atoms with Crippen molar-refractivity contribution < 1.29 is 4.79 Å². The third-order valence-electron chi connectivity index (χ3n) is 2.12. The van der Waals surface area contributed by atoms with Crippen molar-refractivity contribution in [2.75, 3.05) is 18.8 Å². The van der Waals surface area contributed by atoms with Gasteiger partial charge in [0.15, 0.2) is 0 Å². The number of thiol groups is 1. The van der Waals surface area contributed by atoms with Gasteiger partial charge in [0, 0.05) is 25.5 Å². The van der Waals surface area contributed by atoms with Gasteiger partial charge in [0.25, 0.3) is 5.24 Å². The maximum atomic E-state index is 11.4. The van der Waals surface area contributed by atoms with Crippen molar-refractivity contribution in [2.45, 2.75) is 33.6 Å². The molecule has 0 unspecified atom stereocenters. The molecule has 18 heavy (non-hydrogen) atoms. The molecule has 0 N–H and O–H groups in total. The van der Waals surface area contributed by atoms with Crippen molar-refractivity contribution in [3.05, 3.63) is 30.6 Å². The van der Waals surface area contributed by atoms with Crippen LogP contribution in [0, 0.1) is 0 Å². The third-order valence-corrected chi connectivity index (χ3v) is 2.99. The Morgan fingerprint density at radius 3 is 1.89 bits per heavy atom. The number of pyridine rings is 1. The Labute approximate surface area is 115 Å². The molecule has 1 rings (SSSR count). The van der Waals surface area contributed by atoms with E-state index in [1.165, 1.54) is 0 Å². The fourth-order valence-corrected chi connectivity index (χ4v) is 2.06. The van der Waals surface area contributed by atoms with Crippen LogP contribution in [0.25, 0.3) is 0 Å². The molecular weight excluding hydrogens is 244 g/mol. The number of hydrogen-bond acceptors (Lipinski definition) is 2. The lowest BCUT2D eigenvalue weighted by atomic mass is 10.4. The topological polar surface area (TPSA) is 33.2 Å². The van der Waals surface area contributed by atoms with Gasteiger partial charge in [-0.3, -0.25) is 9.78 Å². The standard InChI is InChI=1S/C9H20NOS.C5H5N/c1-4-7-10(8-5-2)9(11)12-6-3;1-2-4-6-5-3-1/h12H,4-8H2,1-3H3;1-5H. The number of nitrogens with zero attached hydrogens (tertiary/aromatic N) is 2. The van der Waals surface area contributed by atoms with Gasteiger partial charge in [-0.25, -0.2) is 0 Å². The zero-order chi connectivity index (χ0) is 13.6. The van der Waals surface area contributed by atoms with E-state index in [2.05, 4.69) is 18.8 Å². The molecule has 103 valence electrons. The molecule has 0 atom stereocenters. The summed E-state index contributed by atoms with van der Waals surface area (Å²) < 4.78 is 0. The van der Waals surface area contributed by atoms with E-state index < -0.39 is 0 Å². The Hall–Kier alpha value is -1.03. The quantitative estimate of drug-likeness (QED) is 0.825. The molecule has 0 aromatic carbocycles. The minimum absolute atomic E-state index is 0.293. The summed E-state index contributed by atoms with van der Waals surface area (Å²) in [6.45, 7) is 8.09. The lowest BCUT2D eigenvalue weighted by molar-refractivity contribution is 0.223. The van der Waals surface area contributed by atoms with E-state index >= 15 is 0 Å². The monoisotopic (exact) mass is 269 g/mol. The number of hydrogen-bond donors (Lipinski definition) is 1. The average Bonchev–Trinajstić information content (AvgIpc) is 2.41. The van der Waals surface area contributed by atoms with Gasteiger partial charge in [-0.2, -0.15) is 0 Å². The molecule has 0 spiro atoms. The van der Waals surface area contributed by atoms with E-state index in [1.54, 1.807) is 12.4 Å². The van der Waals surface area contributed by atoms with E-state index in [4.69, 9.17) is 0 Å². The molecule has 1 radical (unpaired) electrons. The van der Waals surface area contributed by atoms with Gasteiger partial charge in [0.1, 0.15) is 0 Å². The Bertz CT molecular complexity index is 260. The van der Waals surface area contributed by atoms with Crippen LogP contribution in [0.2, 0.25) is 0 Å². The molecule has 1 heterocycles. The zero-order valence-electron chi connectivity index (χ0n) is 11.7. The summed E-state index contributed by atoms with van der Waals surface area (Å²) in [6, 6.07) is 5.72. The first-order valence-electron chi connectivity index (χ1n) is 6.57. The van der Waals surface area contributed by atoms with E-state index in [-0.39, 0.29) is 0 Å². The number of carbonyl (C=O) groups is 1. The first-order chi connectivity index (χ1) is 8.76. The van der Waals surface area contributed by atoms with Crippen molar-refractivity contribution in [2.24, 2.45) is 0 Å². The van der Waals surface area contributed by atoms with Gasteiger partial charge in [0.05, 0.1) is 0 Å². The molecule has 3 nitrogen and oxygen atoms in total. The lowest BCUT2D eigenvalue weighted by Crippen LogP contribution is -2.29. The number of rotatable bonds is 5. The second-order valence-electron chi connectivity index (χ2n) is 3.77. The van der Waals surface area contributed by atoms with Crippen LogP contribution in [-0.4, -0.2) is 34.0 Å². The molecule has 0 fully saturated rings. The van der Waals surface area contributed by atoms with Crippen LogP contribution in [0.1, 0.15) is 33.6 Å². The van der Waals surface area contributed by atoms with E-state index in [0.717, 1.165) is 43.4 Å². The molecule has 0 bridgehead atoms. The molecule has 0 saturated heterocycles. The maximum absolute atomic E-state index is 11.4. The Morgan fingerprint density at radius 2 is 1.61 bits per heavy atom. The van der Waals surface area contributed by atoms with Gasteiger partial charge in [-0.05, 0) is 30.7 Å². The SMILES string of the molecule is CCCN(CCC)C(=O)[SH]CC.c1ccncc1. The number of aromatic nitrogens is 1. The minimum Gasteiger partial charge on any atom is -0.334 e. The average molecular weight is 269 g/mol. The molecule has 0 aliphatic heterocycles. The summed E-state index contributed by atoms with van der Waals surface area (Å²) >= 11 is 0.941. The van der Waals surface area contributed by atoms with Gasteiger partial charge in [-0.1, -0.05) is 26.8 Å². The zero-order valence-corrected chi connectivity index (χ0v) is 12.6. The predicted molar refractivity (Wildman–Crippen MR) is 81.3 cm³/mol. The highest BCUT2D eigenvalue weighted by molar-refractivity contribution is 8.13. The van der Waals surface area contributed by atoms with E-state index in [1.807, 2.05) is 30.0 Å². The van der Waals surface area contributed by atoms with Crippen molar-refractivity contribution >= 4 is 17.0 Å². The fraction of sp³-hybridized carbons (Fsp3) is 0.571. The van der Waals surface area contributed by atoms with Crippen LogP contribution in [0.4, 0.5) is 4.79 Å². The van der Waals surface area contributed by atoms with Crippen molar-refractivity contribution in [1.82, 2.24) is 9.88 Å². The smallest absolute Gasteiger partial charge is 0.269 e. The second-order valence-corrected chi connectivity index (χ2v) is 5.10. The van der Waals surface area contributed by atoms with Crippen molar-refractivity contribution in [3.8, 4) is 0 Å². The summed E-state index contributed by atoms with van der Waals surface area (Å²) in [6.07, 6.45) is 5.62. The van der Waals surface area contributed by atoms with E-state index in [0.29, 0.717) is 5.24 Å². The fourth-order valence-electron chi connectivity index (χ4n) is 1.39. The highest BCUT2D eigenvalue weighted by Gasteiger charge is 2.08. The Morgan fingerprint density at radius 1 is 1.06 bits per heavy atom. The van der Waals surface area contributed by atoms with Gasteiger partial charge in [-0.15, -0.1) is 11.8 Å². The van der Waals surface area contributed by atoms with Crippen molar-refractivity contribution in [1.29, 1.82) is 0 Å². The third kappa shape index (κ3) is 9.05. The first-order valence-corrected chi connectivity index (χ1v) is 7.65. The highest BCUT2D eigenvalue weighted by Crippen LogP contribution is 2.09. The van der Waals surface area contributed by atoms with E-state index in [9.17, 15) is 4.79 Å². The van der Waals surface area contributed by atoms with Crippen LogP contribution < -0.4 is 0 Å². The summed E-state index contributed by atoms with van der Waals surface area (Å²) in [4.78, 5) is 17.2. The van der Waals surface area contributed by atoms with Gasteiger partial charge in [0.2, 0.25) is 0 Å². The van der Waals surface area contributed by atoms with Crippen LogP contribution in [-0.2, 0) is 0 Å². The molecule has 4 heteroatoms. The Balaban J connectivity index is 0.000000397. The van der Waals surface area contributed by atoms with Gasteiger partial charge < -0.3 is 4.90 Å². The summed E-state index contributed by atoms with van der Waals surface area (Å²) in [5.74, 6) is 0.933. The van der Waals surface area contributed by atoms with Crippen LogP contribution in [0.3, 0.4) is 0 Å². The van der Waals surface area contributed by atoms with Crippen LogP contribution in [0.15, 0.2) is 30.6 Å². The molecule has 0 aliphatic carbocycles. The minimum atomic E-state index is 0.293. The maximum Gasteiger partial charge on any atom is 0.269 e. The normalized spacial score (nSPS) is 9.28. The summed E-state index contributed by atoms with van der Waals surface area (Å²) in [5.41, 5.74) is 0. The van der Waals surface area contributed by atoms with Crippen LogP contribution >= 0.6 is 11.8 Å². The molecule has 1 aromatic heterocycles. The molecule has 1 amide bonds. The number of amides is 1. The lowest BCUT2D eigenvalue weighted by Gasteiger charge is -2.20.